The summed E-state index contributed by atoms with van der Waals surface area (Å²) < 4.78 is 0.989. The zero-order valence-electron chi connectivity index (χ0n) is 16.4. The predicted molar refractivity (Wildman–Crippen MR) is 120 cm³/mol. The highest BCUT2D eigenvalue weighted by atomic mass is 79.9. The Balaban J connectivity index is 1.96. The summed E-state index contributed by atoms with van der Waals surface area (Å²) in [6.07, 6.45) is 0.414. The molecule has 1 unspecified atom stereocenters. The van der Waals surface area contributed by atoms with Gasteiger partial charge in [0.15, 0.2) is 0 Å². The minimum absolute atomic E-state index is 0.00207. The van der Waals surface area contributed by atoms with E-state index in [1.807, 2.05) is 49.4 Å². The van der Waals surface area contributed by atoms with Crippen LogP contribution in [0.3, 0.4) is 0 Å². The van der Waals surface area contributed by atoms with Crippen molar-refractivity contribution in [1.29, 1.82) is 0 Å². The van der Waals surface area contributed by atoms with Crippen LogP contribution in [0, 0.1) is 0 Å². The Bertz CT molecular complexity index is 753. The van der Waals surface area contributed by atoms with E-state index in [-0.39, 0.29) is 11.8 Å². The Kier molecular flexibility index (Phi) is 9.58. The molecule has 2 aromatic carbocycles. The molecular formula is C22H27BrN2O2S. The molecule has 0 bridgehead atoms. The van der Waals surface area contributed by atoms with Crippen molar-refractivity contribution >= 4 is 39.5 Å². The van der Waals surface area contributed by atoms with Gasteiger partial charge in [0, 0.05) is 35.5 Å². The highest BCUT2D eigenvalue weighted by molar-refractivity contribution is 9.10. The Morgan fingerprint density at radius 3 is 2.39 bits per heavy atom. The van der Waals surface area contributed by atoms with Gasteiger partial charge in [-0.15, -0.1) is 0 Å². The summed E-state index contributed by atoms with van der Waals surface area (Å²) in [5.74, 6) is 1.49. The molecule has 6 heteroatoms. The van der Waals surface area contributed by atoms with E-state index in [1.54, 1.807) is 23.6 Å². The summed E-state index contributed by atoms with van der Waals surface area (Å²) in [5, 5.41) is 2.82. The number of carbonyl (C=O) groups is 2. The standard InChI is InChI=1S/C22H27BrN2O2S/c1-3-24-22(27)17(2)25(15-18-9-11-20(23)12-10-18)21(26)13-14-28-16-19-7-5-4-6-8-19/h4-12,17H,3,13-16H2,1-2H3,(H,24,27). The number of benzene rings is 2. The first kappa shape index (κ1) is 22.5. The number of likely N-dealkylation sites (N-methyl/N-ethyl adjacent to an activating group) is 1. The van der Waals surface area contributed by atoms with Crippen LogP contribution in [0.2, 0.25) is 0 Å². The van der Waals surface area contributed by atoms with Gasteiger partial charge in [-0.2, -0.15) is 11.8 Å². The molecule has 0 aromatic heterocycles. The molecule has 0 radical (unpaired) electrons. The fourth-order valence-corrected chi connectivity index (χ4v) is 3.91. The fraction of sp³-hybridized carbons (Fsp3) is 0.364. The van der Waals surface area contributed by atoms with Gasteiger partial charge in [-0.05, 0) is 37.1 Å². The number of amides is 2. The first-order valence-corrected chi connectivity index (χ1v) is 11.4. The predicted octanol–water partition coefficient (Wildman–Crippen LogP) is 4.63. The van der Waals surface area contributed by atoms with E-state index in [1.165, 1.54) is 5.56 Å². The zero-order valence-corrected chi connectivity index (χ0v) is 18.8. The SMILES string of the molecule is CCNC(=O)C(C)N(Cc1ccc(Br)cc1)C(=O)CCSCc1ccccc1. The van der Waals surface area contributed by atoms with Crippen LogP contribution >= 0.6 is 27.7 Å². The van der Waals surface area contributed by atoms with E-state index in [2.05, 4.69) is 33.4 Å². The topological polar surface area (TPSA) is 49.4 Å². The second-order valence-corrected chi connectivity index (χ2v) is 8.53. The summed E-state index contributed by atoms with van der Waals surface area (Å²) >= 11 is 5.16. The average Bonchev–Trinajstić information content (AvgIpc) is 2.71. The second-order valence-electron chi connectivity index (χ2n) is 6.51. The lowest BCUT2D eigenvalue weighted by atomic mass is 10.1. The smallest absolute Gasteiger partial charge is 0.242 e. The molecule has 2 rings (SSSR count). The van der Waals surface area contributed by atoms with Crippen LogP contribution in [0.4, 0.5) is 0 Å². The summed E-state index contributed by atoms with van der Waals surface area (Å²) in [7, 11) is 0. The molecule has 1 N–H and O–H groups in total. The lowest BCUT2D eigenvalue weighted by Crippen LogP contribution is -2.47. The molecule has 28 heavy (non-hydrogen) atoms. The molecule has 2 aromatic rings. The van der Waals surface area contributed by atoms with Gasteiger partial charge >= 0.3 is 0 Å². The third-order valence-electron chi connectivity index (χ3n) is 4.36. The molecule has 0 spiro atoms. The number of hydrogen-bond donors (Lipinski definition) is 1. The highest BCUT2D eigenvalue weighted by Gasteiger charge is 2.25. The van der Waals surface area contributed by atoms with Crippen LogP contribution in [-0.4, -0.2) is 35.1 Å². The van der Waals surface area contributed by atoms with Crippen LogP contribution in [-0.2, 0) is 21.9 Å². The maximum atomic E-state index is 12.9. The van der Waals surface area contributed by atoms with Gasteiger partial charge < -0.3 is 10.2 Å². The van der Waals surface area contributed by atoms with E-state index >= 15 is 0 Å². The molecule has 0 fully saturated rings. The van der Waals surface area contributed by atoms with Gasteiger partial charge in [-0.1, -0.05) is 58.4 Å². The van der Waals surface area contributed by atoms with Gasteiger partial charge in [0.2, 0.25) is 11.8 Å². The summed E-state index contributed by atoms with van der Waals surface area (Å²) in [6, 6.07) is 17.6. The van der Waals surface area contributed by atoms with E-state index in [0.717, 1.165) is 21.5 Å². The monoisotopic (exact) mass is 462 g/mol. The van der Waals surface area contributed by atoms with Gasteiger partial charge in [-0.3, -0.25) is 9.59 Å². The fourth-order valence-electron chi connectivity index (χ4n) is 2.76. The van der Waals surface area contributed by atoms with Crippen molar-refractivity contribution in [3.63, 3.8) is 0 Å². The van der Waals surface area contributed by atoms with E-state index in [4.69, 9.17) is 0 Å². The molecule has 0 aliphatic carbocycles. The van der Waals surface area contributed by atoms with E-state index in [0.29, 0.717) is 19.5 Å². The van der Waals surface area contributed by atoms with Gasteiger partial charge in [0.05, 0.1) is 0 Å². The molecular weight excluding hydrogens is 436 g/mol. The number of nitrogens with zero attached hydrogens (tertiary/aromatic N) is 1. The van der Waals surface area contributed by atoms with Crippen molar-refractivity contribution in [2.24, 2.45) is 0 Å². The Morgan fingerprint density at radius 2 is 1.75 bits per heavy atom. The maximum Gasteiger partial charge on any atom is 0.242 e. The number of hydrogen-bond acceptors (Lipinski definition) is 3. The molecule has 0 aliphatic heterocycles. The van der Waals surface area contributed by atoms with Crippen LogP contribution in [0.15, 0.2) is 59.1 Å². The van der Waals surface area contributed by atoms with Crippen LogP contribution < -0.4 is 5.32 Å². The quantitative estimate of drug-likeness (QED) is 0.523. The molecule has 0 aliphatic rings. The Labute approximate surface area is 180 Å². The second kappa shape index (κ2) is 11.9. The number of nitrogens with one attached hydrogen (secondary N) is 1. The maximum absolute atomic E-state index is 12.9. The molecule has 0 saturated heterocycles. The zero-order chi connectivity index (χ0) is 20.4. The first-order valence-electron chi connectivity index (χ1n) is 9.44. The van der Waals surface area contributed by atoms with Crippen LogP contribution in [0.25, 0.3) is 0 Å². The lowest BCUT2D eigenvalue weighted by Gasteiger charge is -2.28. The molecule has 0 heterocycles. The Hall–Kier alpha value is -1.79. The molecule has 2 amide bonds. The van der Waals surface area contributed by atoms with Crippen LogP contribution in [0.1, 0.15) is 31.4 Å². The molecule has 1 atom stereocenters. The molecule has 150 valence electrons. The van der Waals surface area contributed by atoms with Gasteiger partial charge in [0.1, 0.15) is 6.04 Å². The van der Waals surface area contributed by atoms with E-state index < -0.39 is 6.04 Å². The molecule has 0 saturated carbocycles. The van der Waals surface area contributed by atoms with Crippen molar-refractivity contribution in [3.8, 4) is 0 Å². The van der Waals surface area contributed by atoms with Crippen molar-refractivity contribution in [2.45, 2.75) is 38.6 Å². The normalized spacial score (nSPS) is 11.7. The minimum atomic E-state index is -0.504. The third kappa shape index (κ3) is 7.32. The average molecular weight is 463 g/mol. The minimum Gasteiger partial charge on any atom is -0.355 e. The third-order valence-corrected chi connectivity index (χ3v) is 5.92. The summed E-state index contributed by atoms with van der Waals surface area (Å²) in [6.45, 7) is 4.65. The first-order chi connectivity index (χ1) is 13.5. The largest absolute Gasteiger partial charge is 0.355 e. The van der Waals surface area contributed by atoms with Crippen molar-refractivity contribution < 1.29 is 9.59 Å². The summed E-state index contributed by atoms with van der Waals surface area (Å²) in [4.78, 5) is 26.9. The highest BCUT2D eigenvalue weighted by Crippen LogP contribution is 2.17. The number of halogens is 1. The van der Waals surface area contributed by atoms with Gasteiger partial charge in [0.25, 0.3) is 0 Å². The number of carbonyl (C=O) groups excluding carboxylic acids is 2. The number of rotatable bonds is 10. The van der Waals surface area contributed by atoms with Gasteiger partial charge in [-0.25, -0.2) is 0 Å². The Morgan fingerprint density at radius 1 is 1.07 bits per heavy atom. The van der Waals surface area contributed by atoms with E-state index in [9.17, 15) is 9.59 Å². The number of thioether (sulfide) groups is 1. The van der Waals surface area contributed by atoms with Crippen molar-refractivity contribution in [3.05, 3.63) is 70.2 Å². The van der Waals surface area contributed by atoms with Crippen molar-refractivity contribution in [2.75, 3.05) is 12.3 Å². The molecule has 4 nitrogen and oxygen atoms in total. The lowest BCUT2D eigenvalue weighted by molar-refractivity contribution is -0.140. The summed E-state index contributed by atoms with van der Waals surface area (Å²) in [5.41, 5.74) is 2.26. The van der Waals surface area contributed by atoms with Crippen LogP contribution in [0.5, 0.6) is 0 Å². The van der Waals surface area contributed by atoms with Crippen molar-refractivity contribution in [1.82, 2.24) is 10.2 Å².